The molecule has 9 heteroatoms. The zero-order chi connectivity index (χ0) is 24.1. The van der Waals surface area contributed by atoms with Gasteiger partial charge in [-0.05, 0) is 35.4 Å². The first kappa shape index (κ1) is 24.6. The molecule has 0 amide bonds. The Morgan fingerprint density at radius 1 is 0.788 bits per heavy atom. The van der Waals surface area contributed by atoms with Crippen LogP contribution in [0.15, 0.2) is 72.8 Å². The Kier molecular flexibility index (Phi) is 7.65. The van der Waals surface area contributed by atoms with Crippen LogP contribution in [0.3, 0.4) is 0 Å². The molecule has 0 radical (unpaired) electrons. The molecule has 0 saturated heterocycles. The van der Waals surface area contributed by atoms with E-state index in [-0.39, 0.29) is 19.2 Å². The molecule has 0 aromatic heterocycles. The van der Waals surface area contributed by atoms with Crippen molar-refractivity contribution in [1.82, 2.24) is 5.32 Å². The van der Waals surface area contributed by atoms with E-state index in [1.54, 1.807) is 24.3 Å². The van der Waals surface area contributed by atoms with E-state index < -0.39 is 35.1 Å². The highest BCUT2D eigenvalue weighted by atomic mass is 19.4. The molecule has 0 aliphatic carbocycles. The monoisotopic (exact) mass is 469 g/mol. The fraction of sp³-hybridized carbons (Fsp3) is 0.250. The van der Waals surface area contributed by atoms with Crippen molar-refractivity contribution in [3.8, 4) is 5.75 Å². The molecular formula is C24H21F6NO2. The summed E-state index contributed by atoms with van der Waals surface area (Å²) in [7, 11) is 0. The minimum Gasteiger partial charge on any atom is -0.489 e. The van der Waals surface area contributed by atoms with Gasteiger partial charge < -0.3 is 15.2 Å². The van der Waals surface area contributed by atoms with Gasteiger partial charge in [-0.25, -0.2) is 0 Å². The smallest absolute Gasteiger partial charge is 0.416 e. The van der Waals surface area contributed by atoms with Crippen LogP contribution in [0.4, 0.5) is 26.3 Å². The van der Waals surface area contributed by atoms with Crippen molar-refractivity contribution < 1.29 is 36.2 Å². The van der Waals surface area contributed by atoms with Crippen molar-refractivity contribution in [2.24, 2.45) is 0 Å². The maximum Gasteiger partial charge on any atom is 0.416 e. The van der Waals surface area contributed by atoms with Gasteiger partial charge in [0.05, 0.1) is 17.2 Å². The van der Waals surface area contributed by atoms with Crippen LogP contribution in [0.25, 0.3) is 0 Å². The van der Waals surface area contributed by atoms with Crippen LogP contribution in [0.2, 0.25) is 0 Å². The van der Waals surface area contributed by atoms with Crippen molar-refractivity contribution in [3.63, 3.8) is 0 Å². The van der Waals surface area contributed by atoms with Gasteiger partial charge in [0.15, 0.2) is 0 Å². The number of benzene rings is 3. The Morgan fingerprint density at radius 3 is 1.97 bits per heavy atom. The number of halogens is 6. The predicted octanol–water partition coefficient (Wildman–Crippen LogP) is 6.13. The molecule has 176 valence electrons. The van der Waals surface area contributed by atoms with Crippen LogP contribution in [-0.4, -0.2) is 11.7 Å². The van der Waals surface area contributed by atoms with E-state index in [1.807, 2.05) is 30.3 Å². The molecule has 0 spiro atoms. The van der Waals surface area contributed by atoms with Gasteiger partial charge in [-0.2, -0.15) is 26.3 Å². The molecule has 3 nitrogen and oxygen atoms in total. The Balaban J connectivity index is 1.67. The Bertz CT molecular complexity index is 1020. The predicted molar refractivity (Wildman–Crippen MR) is 110 cm³/mol. The SMILES string of the molecule is OC(CNCc1ccccc1OCc1ccccc1)c1cc(C(F)(F)F)cc(C(F)(F)F)c1. The van der Waals surface area contributed by atoms with Crippen LogP contribution in [0.1, 0.15) is 33.9 Å². The fourth-order valence-electron chi connectivity index (χ4n) is 3.16. The lowest BCUT2D eigenvalue weighted by molar-refractivity contribution is -0.143. The quantitative estimate of drug-likeness (QED) is 0.390. The van der Waals surface area contributed by atoms with E-state index in [0.717, 1.165) is 11.1 Å². The molecule has 0 heterocycles. The highest BCUT2D eigenvalue weighted by molar-refractivity contribution is 5.35. The van der Waals surface area contributed by atoms with Gasteiger partial charge in [-0.1, -0.05) is 48.5 Å². The minimum absolute atomic E-state index is 0.0317. The molecule has 2 N–H and O–H groups in total. The third kappa shape index (κ3) is 6.97. The molecule has 3 aromatic rings. The van der Waals surface area contributed by atoms with Crippen molar-refractivity contribution in [3.05, 3.63) is 101 Å². The molecule has 3 rings (SSSR count). The van der Waals surface area contributed by atoms with E-state index >= 15 is 0 Å². The summed E-state index contributed by atoms with van der Waals surface area (Å²) in [6.07, 6.45) is -11.5. The largest absolute Gasteiger partial charge is 0.489 e. The molecule has 1 atom stereocenters. The van der Waals surface area contributed by atoms with E-state index in [2.05, 4.69) is 5.32 Å². The zero-order valence-corrected chi connectivity index (χ0v) is 17.3. The van der Waals surface area contributed by atoms with E-state index in [0.29, 0.717) is 24.5 Å². The number of alkyl halides is 6. The minimum atomic E-state index is -4.97. The van der Waals surface area contributed by atoms with Gasteiger partial charge >= 0.3 is 12.4 Å². The van der Waals surface area contributed by atoms with Crippen LogP contribution in [0.5, 0.6) is 5.75 Å². The second kappa shape index (κ2) is 10.3. The van der Waals surface area contributed by atoms with Gasteiger partial charge in [0.1, 0.15) is 12.4 Å². The standard InChI is InChI=1S/C24H21F6NO2/c25-23(26,27)19-10-18(11-20(12-19)24(28,29)30)21(32)14-31-13-17-8-4-5-9-22(17)33-15-16-6-2-1-3-7-16/h1-12,21,31-32H,13-15H2. The average Bonchev–Trinajstić information content (AvgIpc) is 2.77. The number of para-hydroxylation sites is 1. The van der Waals surface area contributed by atoms with Gasteiger partial charge in [0, 0.05) is 18.7 Å². The molecular weight excluding hydrogens is 448 g/mol. The topological polar surface area (TPSA) is 41.5 Å². The maximum absolute atomic E-state index is 13.0. The van der Waals surface area contributed by atoms with Crippen LogP contribution in [-0.2, 0) is 25.5 Å². The molecule has 0 aliphatic heterocycles. The van der Waals surface area contributed by atoms with E-state index in [9.17, 15) is 31.4 Å². The number of hydrogen-bond donors (Lipinski definition) is 2. The lowest BCUT2D eigenvalue weighted by Gasteiger charge is -2.18. The second-order valence-electron chi connectivity index (χ2n) is 7.37. The van der Waals surface area contributed by atoms with E-state index in [4.69, 9.17) is 4.74 Å². The average molecular weight is 469 g/mol. The third-order valence-electron chi connectivity index (χ3n) is 4.86. The van der Waals surface area contributed by atoms with Crippen LogP contribution in [0, 0.1) is 0 Å². The summed E-state index contributed by atoms with van der Waals surface area (Å²) in [5.41, 5.74) is -1.73. The number of aliphatic hydroxyl groups is 1. The Hall–Kier alpha value is -3.04. The number of rotatable bonds is 8. The highest BCUT2D eigenvalue weighted by Crippen LogP contribution is 2.37. The summed E-state index contributed by atoms with van der Waals surface area (Å²) in [5.74, 6) is 0.571. The maximum atomic E-state index is 13.0. The summed E-state index contributed by atoms with van der Waals surface area (Å²) < 4.78 is 84.0. The Labute approximate surface area is 186 Å². The first-order valence-electron chi connectivity index (χ1n) is 9.97. The molecule has 0 fully saturated rings. The van der Waals surface area contributed by atoms with Crippen molar-refractivity contribution in [2.75, 3.05) is 6.54 Å². The number of nitrogens with one attached hydrogen (secondary N) is 1. The number of aliphatic hydroxyl groups excluding tert-OH is 1. The molecule has 0 aliphatic rings. The molecule has 0 bridgehead atoms. The fourth-order valence-corrected chi connectivity index (χ4v) is 3.16. The van der Waals surface area contributed by atoms with Gasteiger partial charge in [-0.3, -0.25) is 0 Å². The van der Waals surface area contributed by atoms with Gasteiger partial charge in [-0.15, -0.1) is 0 Å². The van der Waals surface area contributed by atoms with E-state index in [1.165, 1.54) is 0 Å². The Morgan fingerprint density at radius 2 is 1.36 bits per heavy atom. The third-order valence-corrected chi connectivity index (χ3v) is 4.86. The lowest BCUT2D eigenvalue weighted by Crippen LogP contribution is -2.22. The summed E-state index contributed by atoms with van der Waals surface area (Å²) >= 11 is 0. The second-order valence-corrected chi connectivity index (χ2v) is 7.37. The van der Waals surface area contributed by atoms with Crippen molar-refractivity contribution in [2.45, 2.75) is 31.6 Å². The number of hydrogen-bond acceptors (Lipinski definition) is 3. The molecule has 33 heavy (non-hydrogen) atoms. The summed E-state index contributed by atoms with van der Waals surface area (Å²) in [6.45, 7) is 0.254. The molecule has 0 saturated carbocycles. The summed E-state index contributed by atoms with van der Waals surface area (Å²) in [5, 5.41) is 13.1. The lowest BCUT2D eigenvalue weighted by atomic mass is 10.0. The normalized spacial score (nSPS) is 13.1. The zero-order valence-electron chi connectivity index (χ0n) is 17.3. The van der Waals surface area contributed by atoms with Gasteiger partial charge in [0.25, 0.3) is 0 Å². The van der Waals surface area contributed by atoms with Gasteiger partial charge in [0.2, 0.25) is 0 Å². The molecule has 3 aromatic carbocycles. The number of ether oxygens (including phenoxy) is 1. The van der Waals surface area contributed by atoms with Crippen LogP contribution < -0.4 is 10.1 Å². The first-order chi connectivity index (χ1) is 15.5. The molecule has 1 unspecified atom stereocenters. The van der Waals surface area contributed by atoms with Crippen LogP contribution >= 0.6 is 0 Å². The highest BCUT2D eigenvalue weighted by Gasteiger charge is 2.37. The summed E-state index contributed by atoms with van der Waals surface area (Å²) in [6, 6.07) is 17.6. The summed E-state index contributed by atoms with van der Waals surface area (Å²) in [4.78, 5) is 0. The first-order valence-corrected chi connectivity index (χ1v) is 9.97. The van der Waals surface area contributed by atoms with Crippen molar-refractivity contribution in [1.29, 1.82) is 0 Å². The van der Waals surface area contributed by atoms with Crippen molar-refractivity contribution >= 4 is 0 Å².